The molecule has 0 aromatic carbocycles. The van der Waals surface area contributed by atoms with E-state index in [4.69, 9.17) is 51.9 Å². The molecule has 0 fully saturated rings. The van der Waals surface area contributed by atoms with E-state index in [-0.39, 0.29) is 20.4 Å². The average molecular weight is 939 g/mol. The van der Waals surface area contributed by atoms with Crippen LogP contribution in [-0.4, -0.2) is 83.9 Å². The summed E-state index contributed by atoms with van der Waals surface area (Å²) in [6.07, 6.45) is 3.54. The molecule has 0 aliphatic carbocycles. The number of hydrogen-bond acceptors (Lipinski definition) is 14. The summed E-state index contributed by atoms with van der Waals surface area (Å²) < 4.78 is 236. The SMILES string of the molecule is O=S(=O)([O-])C(F)(F)F.O=S(=O)([O-])C(F)(F)F.O=S(=O)([O-])C(F)(F)F.O=S(=O)([O-])C(F)(F)F.[Re+4].c1ccc(-c2ccccn2)nc1. The quantitative estimate of drug-likeness (QED) is 0.226. The standard InChI is InChI=1S/C10H8N2.4CHF3O3S.Re/c1-3-7-11-9(5-1)10-6-2-4-8-12-10;4*2-1(3,4)8(5,6)7;/h1-8H;4*(H,5,6,7);/q;;;;;+4/p-4. The van der Waals surface area contributed by atoms with Gasteiger partial charge in [-0.15, -0.1) is 0 Å². The van der Waals surface area contributed by atoms with Gasteiger partial charge in [0.1, 0.15) is 0 Å². The van der Waals surface area contributed by atoms with Crippen molar-refractivity contribution in [1.82, 2.24) is 9.97 Å². The number of alkyl halides is 12. The van der Waals surface area contributed by atoms with Crippen molar-refractivity contribution in [2.75, 3.05) is 0 Å². The fourth-order valence-electron chi connectivity index (χ4n) is 1.03. The smallest absolute Gasteiger partial charge is 0.741 e. The monoisotopic (exact) mass is 939 g/mol. The van der Waals surface area contributed by atoms with Crippen LogP contribution in [0.3, 0.4) is 0 Å². The van der Waals surface area contributed by atoms with E-state index < -0.39 is 62.5 Å². The van der Waals surface area contributed by atoms with E-state index in [1.54, 1.807) is 12.4 Å². The molecule has 0 N–H and O–H groups in total. The Labute approximate surface area is 257 Å². The molecular weight excluding hydrogens is 931 g/mol. The maximum absolute atomic E-state index is 10.7. The molecule has 0 saturated carbocycles. The largest absolute Gasteiger partial charge is 4.00 e. The van der Waals surface area contributed by atoms with E-state index in [0.29, 0.717) is 0 Å². The summed E-state index contributed by atoms with van der Waals surface area (Å²) in [6.45, 7) is 0. The molecule has 31 heteroatoms. The van der Waals surface area contributed by atoms with Gasteiger partial charge >= 0.3 is 42.5 Å². The Hall–Kier alpha value is -2.24. The average Bonchev–Trinajstić information content (AvgIpc) is 2.77. The molecule has 0 bridgehead atoms. The van der Waals surface area contributed by atoms with Gasteiger partial charge in [0.15, 0.2) is 40.5 Å². The number of rotatable bonds is 1. The van der Waals surface area contributed by atoms with Gasteiger partial charge in [0.05, 0.1) is 11.4 Å². The Balaban J connectivity index is -0.000000236. The van der Waals surface area contributed by atoms with Crippen LogP contribution < -0.4 is 0 Å². The third kappa shape index (κ3) is 22.8. The molecule has 0 unspecified atom stereocenters. The van der Waals surface area contributed by atoms with Gasteiger partial charge in [0, 0.05) is 12.4 Å². The molecule has 14 nitrogen and oxygen atoms in total. The van der Waals surface area contributed by atoms with Crippen LogP contribution >= 0.6 is 0 Å². The predicted octanol–water partition coefficient (Wildman–Crippen LogP) is 2.35. The summed E-state index contributed by atoms with van der Waals surface area (Å²) >= 11 is 0. The van der Waals surface area contributed by atoms with Gasteiger partial charge < -0.3 is 18.2 Å². The summed E-state index contributed by atoms with van der Waals surface area (Å²) in [5.74, 6) is 0. The van der Waals surface area contributed by atoms with Gasteiger partial charge in [-0.2, -0.15) is 52.7 Å². The van der Waals surface area contributed by atoms with Crippen LogP contribution in [0.25, 0.3) is 11.4 Å². The van der Waals surface area contributed by atoms with Crippen LogP contribution in [-0.2, 0) is 60.9 Å². The Kier molecular flexibility index (Phi) is 20.1. The number of halogens is 12. The van der Waals surface area contributed by atoms with Gasteiger partial charge in [0.25, 0.3) is 0 Å². The second-order valence-electron chi connectivity index (χ2n) is 6.03. The summed E-state index contributed by atoms with van der Waals surface area (Å²) in [4.78, 5) is 8.37. The third-order valence-electron chi connectivity index (χ3n) is 2.73. The van der Waals surface area contributed by atoms with E-state index in [0.717, 1.165) is 11.4 Å². The van der Waals surface area contributed by atoms with Crippen LogP contribution in [0.15, 0.2) is 48.8 Å². The van der Waals surface area contributed by atoms with Crippen LogP contribution in [0.2, 0.25) is 0 Å². The van der Waals surface area contributed by atoms with E-state index in [1.165, 1.54) is 0 Å². The first kappa shape index (κ1) is 49.6. The molecule has 2 heterocycles. The molecule has 0 aliphatic rings. The van der Waals surface area contributed by atoms with Crippen LogP contribution in [0.1, 0.15) is 0 Å². The number of hydrogen-bond donors (Lipinski definition) is 0. The van der Waals surface area contributed by atoms with Crippen molar-refractivity contribution >= 4 is 40.5 Å². The number of pyridine rings is 2. The molecular formula is C14H8F12N2O12ReS4. The van der Waals surface area contributed by atoms with Crippen molar-refractivity contribution in [2.45, 2.75) is 22.0 Å². The first-order valence-electron chi connectivity index (χ1n) is 8.88. The van der Waals surface area contributed by atoms with Crippen molar-refractivity contribution in [2.24, 2.45) is 0 Å². The zero-order chi connectivity index (χ0) is 36.2. The van der Waals surface area contributed by atoms with Crippen molar-refractivity contribution in [3.05, 3.63) is 48.8 Å². The van der Waals surface area contributed by atoms with Crippen molar-refractivity contribution < 1.29 is 125 Å². The van der Waals surface area contributed by atoms with Gasteiger partial charge in [-0.25, -0.2) is 33.7 Å². The fourth-order valence-corrected chi connectivity index (χ4v) is 1.03. The normalized spacial score (nSPS) is 12.5. The fraction of sp³-hybridized carbons (Fsp3) is 0.286. The zero-order valence-electron chi connectivity index (χ0n) is 20.0. The maximum atomic E-state index is 10.7. The second-order valence-corrected chi connectivity index (χ2v) is 11.5. The number of nitrogens with zero attached hydrogens (tertiary/aromatic N) is 2. The van der Waals surface area contributed by atoms with Gasteiger partial charge in [0.2, 0.25) is 0 Å². The second kappa shape index (κ2) is 18.2. The summed E-state index contributed by atoms with van der Waals surface area (Å²) in [5, 5.41) is 0. The molecule has 2 aromatic rings. The molecule has 2 aromatic heterocycles. The number of aromatic nitrogens is 2. The Morgan fingerprint density at radius 3 is 0.667 bits per heavy atom. The maximum Gasteiger partial charge on any atom is 4.00 e. The van der Waals surface area contributed by atoms with Crippen molar-refractivity contribution in [3.63, 3.8) is 0 Å². The molecule has 1 radical (unpaired) electrons. The first-order valence-corrected chi connectivity index (χ1v) is 14.5. The van der Waals surface area contributed by atoms with Gasteiger partial charge in [-0.05, 0) is 24.3 Å². The Bertz CT molecular complexity index is 1380. The molecule has 0 aliphatic heterocycles. The van der Waals surface area contributed by atoms with E-state index in [2.05, 4.69) is 9.97 Å². The van der Waals surface area contributed by atoms with Crippen molar-refractivity contribution in [3.8, 4) is 11.4 Å². The molecule has 0 saturated heterocycles. The van der Waals surface area contributed by atoms with Crippen LogP contribution in [0, 0.1) is 0 Å². The van der Waals surface area contributed by atoms with Crippen LogP contribution in [0.4, 0.5) is 52.7 Å². The van der Waals surface area contributed by atoms with E-state index in [9.17, 15) is 52.7 Å². The zero-order valence-corrected chi connectivity index (χ0v) is 25.9. The van der Waals surface area contributed by atoms with E-state index >= 15 is 0 Å². The first-order chi connectivity index (χ1) is 19.0. The molecule has 0 spiro atoms. The minimum Gasteiger partial charge on any atom is -0.741 e. The molecule has 2 rings (SSSR count). The Morgan fingerprint density at radius 2 is 0.578 bits per heavy atom. The van der Waals surface area contributed by atoms with Gasteiger partial charge in [-0.1, -0.05) is 12.1 Å². The van der Waals surface area contributed by atoms with Crippen molar-refractivity contribution in [1.29, 1.82) is 0 Å². The predicted molar refractivity (Wildman–Crippen MR) is 110 cm³/mol. The topological polar surface area (TPSA) is 255 Å². The minimum absolute atomic E-state index is 0. The molecule has 0 amide bonds. The summed E-state index contributed by atoms with van der Waals surface area (Å²) in [6, 6.07) is 11.6. The van der Waals surface area contributed by atoms with Gasteiger partial charge in [-0.3, -0.25) is 9.97 Å². The summed E-state index contributed by atoms with van der Waals surface area (Å²) in [5.41, 5.74) is -20.8. The Morgan fingerprint density at radius 1 is 0.422 bits per heavy atom. The van der Waals surface area contributed by atoms with E-state index in [1.807, 2.05) is 36.4 Å². The minimum atomic E-state index is -6.09. The molecule has 45 heavy (non-hydrogen) atoms. The summed E-state index contributed by atoms with van der Waals surface area (Å²) in [7, 11) is -24.4. The molecule has 261 valence electrons. The third-order valence-corrected chi connectivity index (χ3v) is 4.99. The van der Waals surface area contributed by atoms with Crippen LogP contribution in [0.5, 0.6) is 0 Å². The molecule has 0 atom stereocenters.